The minimum atomic E-state index is -4.07. The van der Waals surface area contributed by atoms with Crippen LogP contribution in [0.5, 0.6) is 11.5 Å². The molecule has 3 rings (SSSR count). The molecular weight excluding hydrogens is 361 g/mol. The van der Waals surface area contributed by atoms with Gasteiger partial charge in [0.2, 0.25) is 0 Å². The molecule has 0 bridgehead atoms. The molecule has 5 nitrogen and oxygen atoms in total. The Morgan fingerprint density at radius 2 is 1.30 bits per heavy atom. The molecule has 3 aromatic carbocycles. The highest BCUT2D eigenvalue weighted by Gasteiger charge is 2.33. The number of hydrogen-bond acceptors (Lipinski definition) is 5. The number of hydrogen-bond donors (Lipinski definition) is 0. The van der Waals surface area contributed by atoms with Crippen molar-refractivity contribution < 1.29 is 18.1 Å². The first-order valence-corrected chi connectivity index (χ1v) is 9.52. The summed E-state index contributed by atoms with van der Waals surface area (Å²) in [6, 6.07) is 25.8. The number of rotatable bonds is 7. The molecule has 0 N–H and O–H groups in total. The highest BCUT2D eigenvalue weighted by Crippen LogP contribution is 2.52. The monoisotopic (exact) mass is 377 g/mol. The van der Waals surface area contributed by atoms with E-state index in [-0.39, 0.29) is 5.76 Å². The van der Waals surface area contributed by atoms with Crippen molar-refractivity contribution in [2.75, 3.05) is 0 Å². The van der Waals surface area contributed by atoms with E-state index in [2.05, 4.69) is 6.58 Å². The Bertz CT molecular complexity index is 950. The first-order chi connectivity index (χ1) is 13.1. The fourth-order valence-electron chi connectivity index (χ4n) is 2.20. The van der Waals surface area contributed by atoms with Gasteiger partial charge in [-0.05, 0) is 48.5 Å². The van der Waals surface area contributed by atoms with Crippen molar-refractivity contribution in [2.45, 2.75) is 0 Å². The van der Waals surface area contributed by atoms with Crippen LogP contribution in [0.25, 0.3) is 5.76 Å². The van der Waals surface area contributed by atoms with E-state index in [1.165, 1.54) is 0 Å². The van der Waals surface area contributed by atoms with Crippen LogP contribution in [-0.2, 0) is 9.09 Å². The largest absolute Gasteiger partial charge is 0.647 e. The molecule has 0 aliphatic rings. The summed E-state index contributed by atoms with van der Waals surface area (Å²) >= 11 is 0. The van der Waals surface area contributed by atoms with E-state index in [4.69, 9.17) is 18.8 Å². The van der Waals surface area contributed by atoms with Gasteiger partial charge in [-0.15, -0.1) is 0 Å². The molecule has 0 heterocycles. The number of phosphoric ester groups is 1. The van der Waals surface area contributed by atoms with Crippen molar-refractivity contribution in [3.63, 3.8) is 0 Å². The minimum Gasteiger partial charge on any atom is -0.386 e. The van der Waals surface area contributed by atoms with Gasteiger partial charge in [-0.1, -0.05) is 43.0 Å². The van der Waals surface area contributed by atoms with Gasteiger partial charge in [-0.25, -0.2) is 0 Å². The quantitative estimate of drug-likeness (QED) is 0.384. The standard InChI is InChI=1S/C21H16NO4P/c1-17(19-14-12-18(16-22)13-15-19)24-27(23,25-20-8-4-2-5-9-20)26-21-10-6-3-7-11-21/h2-15H,1H2. The summed E-state index contributed by atoms with van der Waals surface area (Å²) in [4.78, 5) is 0. The Labute approximate surface area is 157 Å². The lowest BCUT2D eigenvalue weighted by molar-refractivity contribution is 0.285. The summed E-state index contributed by atoms with van der Waals surface area (Å²) in [7, 11) is -4.07. The summed E-state index contributed by atoms with van der Waals surface area (Å²) in [5, 5.41) is 8.89. The molecule has 0 spiro atoms. The molecule has 0 aliphatic heterocycles. The zero-order valence-corrected chi connectivity index (χ0v) is 15.2. The van der Waals surface area contributed by atoms with Crippen LogP contribution in [0.2, 0.25) is 0 Å². The van der Waals surface area contributed by atoms with Crippen LogP contribution in [0.15, 0.2) is 91.5 Å². The maximum Gasteiger partial charge on any atom is 0.647 e. The lowest BCUT2D eigenvalue weighted by Gasteiger charge is -2.20. The average Bonchev–Trinajstić information content (AvgIpc) is 2.69. The number of benzene rings is 3. The van der Waals surface area contributed by atoms with Crippen LogP contribution < -0.4 is 9.05 Å². The number of nitrogens with zero attached hydrogens (tertiary/aromatic N) is 1. The van der Waals surface area contributed by atoms with Gasteiger partial charge in [0.1, 0.15) is 17.3 Å². The third kappa shape index (κ3) is 5.01. The van der Waals surface area contributed by atoms with Gasteiger partial charge in [0, 0.05) is 5.56 Å². The van der Waals surface area contributed by atoms with Crippen molar-refractivity contribution in [1.29, 1.82) is 5.26 Å². The minimum absolute atomic E-state index is 0.106. The van der Waals surface area contributed by atoms with Crippen LogP contribution in [0.4, 0.5) is 0 Å². The van der Waals surface area contributed by atoms with E-state index in [9.17, 15) is 4.57 Å². The number of phosphoric acid groups is 1. The van der Waals surface area contributed by atoms with Gasteiger partial charge >= 0.3 is 7.82 Å². The van der Waals surface area contributed by atoms with E-state index in [0.29, 0.717) is 22.6 Å². The second-order valence-corrected chi connectivity index (χ2v) is 6.90. The summed E-state index contributed by atoms with van der Waals surface area (Å²) in [6.07, 6.45) is 0. The fourth-order valence-corrected chi connectivity index (χ4v) is 3.44. The van der Waals surface area contributed by atoms with E-state index in [1.807, 2.05) is 18.2 Å². The van der Waals surface area contributed by atoms with Crippen LogP contribution in [0.1, 0.15) is 11.1 Å². The number of nitriles is 1. The summed E-state index contributed by atoms with van der Waals surface area (Å²) in [5.74, 6) is 0.781. The second kappa shape index (κ2) is 8.27. The molecule has 0 saturated carbocycles. The molecule has 0 amide bonds. The molecule has 0 aliphatic carbocycles. The molecule has 134 valence electrons. The SMILES string of the molecule is C=C(OP(=O)(Oc1ccccc1)Oc1ccccc1)c1ccc(C#N)cc1. The normalized spacial score (nSPS) is 10.5. The molecule has 0 atom stereocenters. The molecular formula is C21H16NO4P. The smallest absolute Gasteiger partial charge is 0.386 e. The predicted molar refractivity (Wildman–Crippen MR) is 103 cm³/mol. The molecule has 6 heteroatoms. The molecule has 0 saturated heterocycles. The van der Waals surface area contributed by atoms with E-state index < -0.39 is 7.82 Å². The Kier molecular flexibility index (Phi) is 5.61. The summed E-state index contributed by atoms with van der Waals surface area (Å²) < 4.78 is 29.9. The van der Waals surface area contributed by atoms with Gasteiger partial charge < -0.3 is 13.6 Å². The van der Waals surface area contributed by atoms with Crippen molar-refractivity contribution in [1.82, 2.24) is 0 Å². The Morgan fingerprint density at radius 3 is 1.74 bits per heavy atom. The van der Waals surface area contributed by atoms with E-state index in [0.717, 1.165) is 0 Å². The zero-order chi connectivity index (χ0) is 19.1. The van der Waals surface area contributed by atoms with Gasteiger partial charge in [0.25, 0.3) is 0 Å². The maximum absolute atomic E-state index is 13.3. The molecule has 0 aromatic heterocycles. The molecule has 27 heavy (non-hydrogen) atoms. The highest BCUT2D eigenvalue weighted by molar-refractivity contribution is 7.49. The maximum atomic E-state index is 13.3. The molecule has 0 radical (unpaired) electrons. The van der Waals surface area contributed by atoms with Gasteiger partial charge in [0.15, 0.2) is 0 Å². The third-order valence-electron chi connectivity index (χ3n) is 3.48. The fraction of sp³-hybridized carbons (Fsp3) is 0. The van der Waals surface area contributed by atoms with Crippen LogP contribution >= 0.6 is 7.82 Å². The van der Waals surface area contributed by atoms with Crippen molar-refractivity contribution in [3.8, 4) is 17.6 Å². The van der Waals surface area contributed by atoms with Crippen LogP contribution in [-0.4, -0.2) is 0 Å². The zero-order valence-electron chi connectivity index (χ0n) is 14.3. The average molecular weight is 377 g/mol. The highest BCUT2D eigenvalue weighted by atomic mass is 31.2. The van der Waals surface area contributed by atoms with Gasteiger partial charge in [0.05, 0.1) is 11.6 Å². The first-order valence-electron chi connectivity index (χ1n) is 8.06. The lowest BCUT2D eigenvalue weighted by atomic mass is 10.1. The predicted octanol–water partition coefficient (Wildman–Crippen LogP) is 5.81. The van der Waals surface area contributed by atoms with Crippen molar-refractivity contribution >= 4 is 13.6 Å². The third-order valence-corrected chi connectivity index (χ3v) is 4.79. The van der Waals surface area contributed by atoms with Gasteiger partial charge in [-0.3, -0.25) is 0 Å². The van der Waals surface area contributed by atoms with Crippen LogP contribution in [0, 0.1) is 11.3 Å². The summed E-state index contributed by atoms with van der Waals surface area (Å²) in [6.45, 7) is 3.81. The van der Waals surface area contributed by atoms with E-state index in [1.54, 1.807) is 72.8 Å². The molecule has 3 aromatic rings. The Morgan fingerprint density at radius 1 is 0.815 bits per heavy atom. The number of para-hydroxylation sites is 2. The van der Waals surface area contributed by atoms with E-state index >= 15 is 0 Å². The van der Waals surface area contributed by atoms with Crippen molar-refractivity contribution in [2.24, 2.45) is 0 Å². The molecule has 0 unspecified atom stereocenters. The lowest BCUT2D eigenvalue weighted by Crippen LogP contribution is -2.04. The Balaban J connectivity index is 1.85. The van der Waals surface area contributed by atoms with Gasteiger partial charge in [-0.2, -0.15) is 9.83 Å². The van der Waals surface area contributed by atoms with Crippen LogP contribution in [0.3, 0.4) is 0 Å². The van der Waals surface area contributed by atoms with Crippen molar-refractivity contribution in [3.05, 3.63) is 103 Å². The topological polar surface area (TPSA) is 68.6 Å². The summed E-state index contributed by atoms with van der Waals surface area (Å²) in [5.41, 5.74) is 1.05. The Hall–Kier alpha value is -3.48. The molecule has 0 fully saturated rings. The first kappa shape index (κ1) is 18.3. The second-order valence-electron chi connectivity index (χ2n) is 5.46.